The van der Waals surface area contributed by atoms with E-state index in [-0.39, 0.29) is 5.97 Å². The second-order valence-corrected chi connectivity index (χ2v) is 4.54. The lowest BCUT2D eigenvalue weighted by Gasteiger charge is -2.27. The van der Waals surface area contributed by atoms with Gasteiger partial charge in [-0.2, -0.15) is 0 Å². The van der Waals surface area contributed by atoms with E-state index in [4.69, 9.17) is 0 Å². The molecule has 1 atom stereocenters. The maximum Gasteiger partial charge on any atom is 0.337 e. The summed E-state index contributed by atoms with van der Waals surface area (Å²) in [6.45, 7) is 7.51. The summed E-state index contributed by atoms with van der Waals surface area (Å²) in [6.07, 6.45) is 1.07. The normalized spacial score (nSPS) is 12.9. The minimum absolute atomic E-state index is 0.381. The molecule has 92 valence electrons. The molecule has 0 saturated carbocycles. The van der Waals surface area contributed by atoms with Crippen molar-refractivity contribution in [2.45, 2.75) is 20.0 Å². The molecular weight excluding hydrogens is 216 g/mol. The molecule has 17 heavy (non-hydrogen) atoms. The summed E-state index contributed by atoms with van der Waals surface area (Å²) in [4.78, 5) is 11.2. The van der Waals surface area contributed by atoms with Crippen LogP contribution in [0, 0.1) is 5.41 Å². The molecule has 0 aliphatic carbocycles. The zero-order chi connectivity index (χ0) is 13.1. The average Bonchev–Trinajstić information content (AvgIpc) is 2.37. The van der Waals surface area contributed by atoms with Crippen molar-refractivity contribution in [3.05, 3.63) is 48.0 Å². The van der Waals surface area contributed by atoms with Crippen LogP contribution in [0.2, 0.25) is 0 Å². The number of rotatable bonds is 4. The molecule has 0 saturated heterocycles. The van der Waals surface area contributed by atoms with Crippen LogP contribution in [0.3, 0.4) is 0 Å². The number of carbonyl (C=O) groups is 1. The Morgan fingerprint density at radius 3 is 2.35 bits per heavy atom. The number of benzene rings is 1. The third-order valence-corrected chi connectivity index (χ3v) is 2.88. The first-order valence-corrected chi connectivity index (χ1v) is 5.42. The average molecular weight is 234 g/mol. The van der Waals surface area contributed by atoms with E-state index in [1.165, 1.54) is 7.11 Å². The van der Waals surface area contributed by atoms with Crippen molar-refractivity contribution in [2.24, 2.45) is 5.41 Å². The van der Waals surface area contributed by atoms with E-state index < -0.39 is 11.5 Å². The Morgan fingerprint density at radius 1 is 1.41 bits per heavy atom. The number of methoxy groups -OCH3 is 1. The smallest absolute Gasteiger partial charge is 0.337 e. The van der Waals surface area contributed by atoms with Crippen LogP contribution >= 0.6 is 0 Å². The van der Waals surface area contributed by atoms with E-state index in [2.05, 4.69) is 11.3 Å². The van der Waals surface area contributed by atoms with Gasteiger partial charge in [-0.25, -0.2) is 4.79 Å². The zero-order valence-electron chi connectivity index (χ0n) is 10.4. The minimum atomic E-state index is -0.647. The molecule has 0 aliphatic heterocycles. The van der Waals surface area contributed by atoms with E-state index >= 15 is 0 Å². The van der Waals surface area contributed by atoms with Crippen molar-refractivity contribution in [3.63, 3.8) is 0 Å². The molecule has 0 fully saturated rings. The molecule has 0 aliphatic rings. The van der Waals surface area contributed by atoms with Gasteiger partial charge < -0.3 is 9.84 Å². The highest BCUT2D eigenvalue weighted by Crippen LogP contribution is 2.34. The topological polar surface area (TPSA) is 46.5 Å². The Bertz CT molecular complexity index is 404. The SMILES string of the molecule is C=CC(C)(C)C(O)c1ccc(C(=O)OC)cc1. The highest BCUT2D eigenvalue weighted by molar-refractivity contribution is 5.89. The number of carbonyl (C=O) groups excluding carboxylic acids is 1. The van der Waals surface area contributed by atoms with Gasteiger partial charge in [-0.3, -0.25) is 0 Å². The molecule has 1 aromatic carbocycles. The number of aliphatic hydroxyl groups is 1. The lowest BCUT2D eigenvalue weighted by Crippen LogP contribution is -2.19. The van der Waals surface area contributed by atoms with Gasteiger partial charge in [-0.1, -0.05) is 32.1 Å². The van der Waals surface area contributed by atoms with E-state index in [9.17, 15) is 9.90 Å². The van der Waals surface area contributed by atoms with Crippen molar-refractivity contribution in [1.29, 1.82) is 0 Å². The first-order valence-electron chi connectivity index (χ1n) is 5.42. The van der Waals surface area contributed by atoms with Crippen LogP contribution in [-0.4, -0.2) is 18.2 Å². The van der Waals surface area contributed by atoms with Crippen LogP contribution in [-0.2, 0) is 4.74 Å². The summed E-state index contributed by atoms with van der Waals surface area (Å²) in [5.74, 6) is -0.381. The second-order valence-electron chi connectivity index (χ2n) is 4.54. The lowest BCUT2D eigenvalue weighted by molar-refractivity contribution is 0.0600. The predicted molar refractivity (Wildman–Crippen MR) is 66.7 cm³/mol. The highest BCUT2D eigenvalue weighted by Gasteiger charge is 2.25. The molecule has 0 bridgehead atoms. The van der Waals surface area contributed by atoms with Crippen LogP contribution in [0.25, 0.3) is 0 Å². The summed E-state index contributed by atoms with van der Waals surface area (Å²) < 4.78 is 4.61. The fourth-order valence-corrected chi connectivity index (χ4v) is 1.46. The van der Waals surface area contributed by atoms with Gasteiger partial charge in [0.05, 0.1) is 18.8 Å². The molecule has 0 heterocycles. The number of aliphatic hydroxyl groups excluding tert-OH is 1. The van der Waals surface area contributed by atoms with E-state index in [0.717, 1.165) is 5.56 Å². The van der Waals surface area contributed by atoms with Gasteiger partial charge in [0, 0.05) is 5.41 Å². The van der Waals surface area contributed by atoms with Gasteiger partial charge in [0.2, 0.25) is 0 Å². The number of hydrogen-bond acceptors (Lipinski definition) is 3. The number of hydrogen-bond donors (Lipinski definition) is 1. The quantitative estimate of drug-likeness (QED) is 0.643. The molecule has 0 spiro atoms. The van der Waals surface area contributed by atoms with Gasteiger partial charge in [0.25, 0.3) is 0 Å². The highest BCUT2D eigenvalue weighted by atomic mass is 16.5. The Hall–Kier alpha value is -1.61. The van der Waals surface area contributed by atoms with Gasteiger partial charge in [0.1, 0.15) is 0 Å². The van der Waals surface area contributed by atoms with Crippen molar-refractivity contribution in [2.75, 3.05) is 7.11 Å². The Labute approximate surface area is 102 Å². The van der Waals surface area contributed by atoms with Crippen molar-refractivity contribution < 1.29 is 14.6 Å². The Balaban J connectivity index is 2.95. The molecule has 0 aromatic heterocycles. The molecular formula is C14H18O3. The van der Waals surface area contributed by atoms with Crippen molar-refractivity contribution >= 4 is 5.97 Å². The molecule has 3 nitrogen and oxygen atoms in total. The van der Waals surface area contributed by atoms with Gasteiger partial charge in [0.15, 0.2) is 0 Å². The largest absolute Gasteiger partial charge is 0.465 e. The van der Waals surface area contributed by atoms with Crippen LogP contribution in [0.1, 0.15) is 35.9 Å². The van der Waals surface area contributed by atoms with Crippen LogP contribution in [0.15, 0.2) is 36.9 Å². The van der Waals surface area contributed by atoms with E-state index in [0.29, 0.717) is 5.56 Å². The van der Waals surface area contributed by atoms with Crippen LogP contribution < -0.4 is 0 Å². The number of esters is 1. The summed E-state index contributed by atoms with van der Waals surface area (Å²) >= 11 is 0. The van der Waals surface area contributed by atoms with E-state index in [1.54, 1.807) is 30.3 Å². The zero-order valence-corrected chi connectivity index (χ0v) is 10.4. The maximum absolute atomic E-state index is 11.2. The summed E-state index contributed by atoms with van der Waals surface area (Å²) in [7, 11) is 1.34. The third-order valence-electron chi connectivity index (χ3n) is 2.88. The molecule has 0 amide bonds. The van der Waals surface area contributed by atoms with Crippen LogP contribution in [0.5, 0.6) is 0 Å². The molecule has 1 N–H and O–H groups in total. The van der Waals surface area contributed by atoms with Crippen molar-refractivity contribution in [3.8, 4) is 0 Å². The minimum Gasteiger partial charge on any atom is -0.465 e. The van der Waals surface area contributed by atoms with Gasteiger partial charge in [-0.05, 0) is 17.7 Å². The molecule has 3 heteroatoms. The van der Waals surface area contributed by atoms with Gasteiger partial charge in [-0.15, -0.1) is 6.58 Å². The van der Waals surface area contributed by atoms with Crippen molar-refractivity contribution in [1.82, 2.24) is 0 Å². The second kappa shape index (κ2) is 5.15. The number of ether oxygens (including phenoxy) is 1. The lowest BCUT2D eigenvalue weighted by atomic mass is 9.83. The molecule has 0 radical (unpaired) electrons. The first kappa shape index (κ1) is 13.5. The fourth-order valence-electron chi connectivity index (χ4n) is 1.46. The monoisotopic (exact) mass is 234 g/mol. The first-order chi connectivity index (χ1) is 7.92. The summed E-state index contributed by atoms with van der Waals surface area (Å²) in [5.41, 5.74) is 0.815. The van der Waals surface area contributed by atoms with E-state index in [1.807, 2.05) is 13.8 Å². The third kappa shape index (κ3) is 2.94. The maximum atomic E-state index is 11.2. The Kier molecular flexibility index (Phi) is 4.07. The van der Waals surface area contributed by atoms with Crippen LogP contribution in [0.4, 0.5) is 0 Å². The standard InChI is InChI=1S/C14H18O3/c1-5-14(2,3)12(15)10-6-8-11(9-7-10)13(16)17-4/h5-9,12,15H,1H2,2-4H3. The summed E-state index contributed by atoms with van der Waals surface area (Å²) in [5, 5.41) is 10.1. The summed E-state index contributed by atoms with van der Waals surface area (Å²) in [6, 6.07) is 6.73. The predicted octanol–water partition coefficient (Wildman–Crippen LogP) is 2.72. The molecule has 1 unspecified atom stereocenters. The Morgan fingerprint density at radius 2 is 1.94 bits per heavy atom. The fraction of sp³-hybridized carbons (Fsp3) is 0.357. The van der Waals surface area contributed by atoms with Gasteiger partial charge >= 0.3 is 5.97 Å². The molecule has 1 aromatic rings. The molecule has 1 rings (SSSR count).